The molecule has 2 aromatic carbocycles. The molecule has 2 aliphatic heterocycles. The van der Waals surface area contributed by atoms with Crippen LogP contribution in [0.15, 0.2) is 58.8 Å². The van der Waals surface area contributed by atoms with E-state index in [0.717, 1.165) is 22.7 Å². The molecule has 0 bridgehead atoms. The van der Waals surface area contributed by atoms with E-state index in [2.05, 4.69) is 10.3 Å². The Kier molecular flexibility index (Phi) is 11.2. The maximum atomic E-state index is 13.7. The van der Waals surface area contributed by atoms with Gasteiger partial charge in [0.25, 0.3) is 0 Å². The van der Waals surface area contributed by atoms with Gasteiger partial charge in [-0.05, 0) is 67.6 Å². The Morgan fingerprint density at radius 1 is 1.15 bits per heavy atom. The Morgan fingerprint density at radius 2 is 1.89 bits per heavy atom. The lowest BCUT2D eigenvalue weighted by molar-refractivity contribution is -0.0907. The maximum absolute atomic E-state index is 13.7. The Bertz CT molecular complexity index is 1550. The number of fused-ring (bicyclic) bond motifs is 1. The summed E-state index contributed by atoms with van der Waals surface area (Å²) < 4.78 is 51.3. The van der Waals surface area contributed by atoms with Gasteiger partial charge in [0.1, 0.15) is 18.5 Å². The van der Waals surface area contributed by atoms with Crippen molar-refractivity contribution < 1.29 is 37.3 Å². The second-order valence-corrected chi connectivity index (χ2v) is 15.1. The average Bonchev–Trinajstić information content (AvgIpc) is 3.75. The van der Waals surface area contributed by atoms with Gasteiger partial charge in [0.05, 0.1) is 46.9 Å². The van der Waals surface area contributed by atoms with Crippen molar-refractivity contribution in [2.24, 2.45) is 11.8 Å². The van der Waals surface area contributed by atoms with Gasteiger partial charge in [0.15, 0.2) is 6.29 Å². The molecule has 12 nitrogen and oxygen atoms in total. The molecule has 0 radical (unpaired) electrons. The monoisotopic (exact) mass is 674 g/mol. The van der Waals surface area contributed by atoms with Crippen molar-refractivity contribution in [1.82, 2.24) is 14.6 Å². The summed E-state index contributed by atoms with van der Waals surface area (Å²) in [5.74, 6) is 0.560. The highest BCUT2D eigenvalue weighted by molar-refractivity contribution is 7.89. The number of thiazole rings is 1. The number of anilines is 1. The van der Waals surface area contributed by atoms with Gasteiger partial charge >= 0.3 is 6.09 Å². The van der Waals surface area contributed by atoms with Crippen molar-refractivity contribution in [1.29, 1.82) is 0 Å². The van der Waals surface area contributed by atoms with E-state index in [-0.39, 0.29) is 49.1 Å². The van der Waals surface area contributed by atoms with E-state index in [0.29, 0.717) is 24.7 Å². The first-order valence-corrected chi connectivity index (χ1v) is 17.7. The van der Waals surface area contributed by atoms with Gasteiger partial charge in [-0.1, -0.05) is 26.0 Å². The van der Waals surface area contributed by atoms with E-state index >= 15 is 0 Å². The van der Waals surface area contributed by atoms with Crippen LogP contribution in [0.25, 0.3) is 0 Å². The number of hydrogen-bond donors (Lipinski definition) is 3. The fourth-order valence-corrected chi connectivity index (χ4v) is 7.78. The lowest BCUT2D eigenvalue weighted by atomic mass is 10.0. The van der Waals surface area contributed by atoms with E-state index in [9.17, 15) is 18.3 Å². The maximum Gasteiger partial charge on any atom is 0.407 e. The molecule has 1 aromatic heterocycles. The van der Waals surface area contributed by atoms with E-state index in [1.54, 1.807) is 11.3 Å². The zero-order valence-electron chi connectivity index (χ0n) is 26.2. The third-order valence-electron chi connectivity index (χ3n) is 7.92. The molecule has 5 rings (SSSR count). The van der Waals surface area contributed by atoms with Crippen LogP contribution in [0, 0.1) is 18.8 Å². The number of benzene rings is 2. The number of nitrogens with zero attached hydrogens (tertiary/aromatic N) is 2. The zero-order chi connectivity index (χ0) is 32.8. The van der Waals surface area contributed by atoms with Crippen LogP contribution in [-0.2, 0) is 37.3 Å². The van der Waals surface area contributed by atoms with Crippen molar-refractivity contribution >= 4 is 33.1 Å². The van der Waals surface area contributed by atoms with Gasteiger partial charge in [-0.25, -0.2) is 18.2 Å². The number of aliphatic hydroxyl groups excluding tert-OH is 1. The standard InChI is InChI=1S/C32H42N4O8S2/c1-20(2)15-36(46(39,40)26-10-6-23(33)7-11-26)16-29(37)28(35-32(38)44-30-18-43-31-27(30)12-13-41-31)14-22-4-8-25(9-5-22)42-17-24-19-45-21(3)34-24/h4-11,19-20,27-31,37H,12-18,33H2,1-3H3,(H,35,38)/t27-,28-,29+,30+,31+/m0/s1. The molecular formula is C32H42N4O8S2. The highest BCUT2D eigenvalue weighted by Crippen LogP contribution is 2.33. The highest BCUT2D eigenvalue weighted by Gasteiger charge is 2.44. The Hall–Kier alpha value is -3.27. The third-order valence-corrected chi connectivity index (χ3v) is 10.6. The summed E-state index contributed by atoms with van der Waals surface area (Å²) in [5.41, 5.74) is 7.87. The van der Waals surface area contributed by atoms with Gasteiger partial charge in [-0.3, -0.25) is 0 Å². The molecule has 3 aromatic rings. The lowest BCUT2D eigenvalue weighted by Gasteiger charge is -2.31. The number of nitrogen functional groups attached to an aromatic ring is 1. The zero-order valence-corrected chi connectivity index (χ0v) is 27.8. The predicted octanol–water partition coefficient (Wildman–Crippen LogP) is 3.72. The van der Waals surface area contributed by atoms with Crippen molar-refractivity contribution in [2.75, 3.05) is 32.0 Å². The summed E-state index contributed by atoms with van der Waals surface area (Å²) in [7, 11) is -3.98. The Balaban J connectivity index is 1.31. The van der Waals surface area contributed by atoms with Gasteiger partial charge in [0.2, 0.25) is 10.0 Å². The number of amides is 1. The first-order chi connectivity index (χ1) is 22.0. The second-order valence-electron chi connectivity index (χ2n) is 12.1. The quantitative estimate of drug-likeness (QED) is 0.215. The molecule has 0 saturated carbocycles. The predicted molar refractivity (Wildman–Crippen MR) is 173 cm³/mol. The fourth-order valence-electron chi connectivity index (χ4n) is 5.56. The molecule has 4 N–H and O–H groups in total. The number of aryl methyl sites for hydroxylation is 1. The van der Waals surface area contributed by atoms with Crippen LogP contribution in [0.2, 0.25) is 0 Å². The Morgan fingerprint density at radius 3 is 2.57 bits per heavy atom. The van der Waals surface area contributed by atoms with E-state index in [4.69, 9.17) is 24.7 Å². The topological polar surface area (TPSA) is 163 Å². The van der Waals surface area contributed by atoms with Crippen LogP contribution in [-0.4, -0.2) is 79.7 Å². The van der Waals surface area contributed by atoms with Crippen LogP contribution >= 0.6 is 11.3 Å². The first kappa shape index (κ1) is 34.1. The summed E-state index contributed by atoms with van der Waals surface area (Å²) in [5, 5.41) is 17.3. The summed E-state index contributed by atoms with van der Waals surface area (Å²) in [4.78, 5) is 17.7. The molecule has 5 atom stereocenters. The smallest absolute Gasteiger partial charge is 0.407 e. The van der Waals surface area contributed by atoms with Crippen molar-refractivity contribution in [2.45, 2.75) is 69.7 Å². The first-order valence-electron chi connectivity index (χ1n) is 15.3. The van der Waals surface area contributed by atoms with Crippen LogP contribution in [0.3, 0.4) is 0 Å². The molecule has 0 spiro atoms. The lowest BCUT2D eigenvalue weighted by Crippen LogP contribution is -2.51. The highest BCUT2D eigenvalue weighted by atomic mass is 32.2. The van der Waals surface area contributed by atoms with Crippen LogP contribution in [0.5, 0.6) is 5.75 Å². The molecule has 2 saturated heterocycles. The average molecular weight is 675 g/mol. The number of hydrogen-bond acceptors (Lipinski definition) is 11. The number of ether oxygens (including phenoxy) is 4. The van der Waals surface area contributed by atoms with Gasteiger partial charge in [-0.15, -0.1) is 11.3 Å². The molecule has 14 heteroatoms. The van der Waals surface area contributed by atoms with Gasteiger partial charge < -0.3 is 35.1 Å². The number of sulfonamides is 1. The molecule has 0 unspecified atom stereocenters. The SMILES string of the molecule is Cc1nc(COc2ccc(C[C@H](NC(=O)O[C@@H]3CO[C@H]4OCC[C@H]43)[C@H](O)CN(CC(C)C)S(=O)(=O)c3ccc(N)cc3)cc2)cs1. The summed E-state index contributed by atoms with van der Waals surface area (Å²) in [6.45, 7) is 6.74. The number of aromatic nitrogens is 1. The van der Waals surface area contributed by atoms with Gasteiger partial charge in [0, 0.05) is 24.2 Å². The van der Waals surface area contributed by atoms with E-state index in [1.807, 2.05) is 50.4 Å². The minimum atomic E-state index is -3.98. The number of aliphatic hydroxyl groups is 1. The van der Waals surface area contributed by atoms with Gasteiger partial charge in [-0.2, -0.15) is 4.31 Å². The summed E-state index contributed by atoms with van der Waals surface area (Å²) >= 11 is 1.56. The molecular weight excluding hydrogens is 633 g/mol. The molecule has 250 valence electrons. The summed E-state index contributed by atoms with van der Waals surface area (Å²) in [6, 6.07) is 12.4. The molecule has 2 fully saturated rings. The van der Waals surface area contributed by atoms with Crippen molar-refractivity contribution in [3.8, 4) is 5.75 Å². The molecule has 0 aliphatic carbocycles. The number of nitrogens with one attached hydrogen (secondary N) is 1. The van der Waals surface area contributed by atoms with Crippen LogP contribution in [0.1, 0.15) is 36.5 Å². The number of alkyl carbamates (subject to hydrolysis) is 1. The van der Waals surface area contributed by atoms with E-state index < -0.39 is 34.4 Å². The molecule has 1 amide bonds. The normalized spacial score (nSPS) is 20.9. The number of nitrogens with two attached hydrogens (primary N) is 1. The third kappa shape index (κ3) is 8.75. The largest absolute Gasteiger partial charge is 0.487 e. The van der Waals surface area contributed by atoms with Crippen LogP contribution < -0.4 is 15.8 Å². The number of carbonyl (C=O) groups is 1. The fraction of sp³-hybridized carbons (Fsp3) is 0.500. The van der Waals surface area contributed by atoms with Crippen molar-refractivity contribution in [3.63, 3.8) is 0 Å². The van der Waals surface area contributed by atoms with E-state index in [1.165, 1.54) is 28.6 Å². The molecule has 46 heavy (non-hydrogen) atoms. The number of carbonyl (C=O) groups excluding carboxylic acids is 1. The molecule has 3 heterocycles. The number of rotatable bonds is 14. The minimum absolute atomic E-state index is 0.0307. The summed E-state index contributed by atoms with van der Waals surface area (Å²) in [6.07, 6.45) is -1.94. The van der Waals surface area contributed by atoms with Crippen LogP contribution in [0.4, 0.5) is 10.5 Å². The van der Waals surface area contributed by atoms with Crippen molar-refractivity contribution in [3.05, 3.63) is 70.2 Å². The minimum Gasteiger partial charge on any atom is -0.487 e. The molecule has 2 aliphatic rings. The Labute approximate surface area is 273 Å². The second kappa shape index (κ2) is 15.1.